The zero-order chi connectivity index (χ0) is 13.1. The second-order valence-corrected chi connectivity index (χ2v) is 3.38. The van der Waals surface area contributed by atoms with Crippen molar-refractivity contribution in [2.24, 2.45) is 0 Å². The molecule has 1 unspecified atom stereocenters. The van der Waals surface area contributed by atoms with Gasteiger partial charge in [0, 0.05) is 19.6 Å². The van der Waals surface area contributed by atoms with Gasteiger partial charge >= 0.3 is 12.1 Å². The van der Waals surface area contributed by atoms with E-state index in [0.717, 1.165) is 6.21 Å². The summed E-state index contributed by atoms with van der Waals surface area (Å²) in [6.07, 6.45) is 0.353. The number of hydrogen-bond donors (Lipinski definition) is 5. The number of amides is 2. The molecule has 5 N–H and O–H groups in total. The molecule has 1 atom stereocenters. The number of aliphatic hydroxyl groups excluding tert-OH is 1. The maximum atomic E-state index is 11.2. The Labute approximate surface area is 99.0 Å². The average Bonchev–Trinajstić information content (AvgIpc) is 2.26. The lowest BCUT2D eigenvalue weighted by Gasteiger charge is -2.07. The standard InChI is InChI=1S/C9H17N5O3/c1-7(15)4-11-2-3-12-8(16)5-13-9(17)6-14-10/h6-7,10-11,15H,2-5H2,1H3,(H-,12,13,16,17)/p+1. The van der Waals surface area contributed by atoms with Gasteiger partial charge in [0.2, 0.25) is 5.91 Å². The molecule has 0 saturated heterocycles. The number of hydrogen-bond acceptors (Lipinski definition) is 5. The SMILES string of the molecule is CC(O)CNCCNC(=O)CNC(=O)C=[N+]=N. The van der Waals surface area contributed by atoms with Crippen molar-refractivity contribution in [3.8, 4) is 0 Å². The van der Waals surface area contributed by atoms with Crippen LogP contribution in [0.25, 0.3) is 0 Å². The zero-order valence-corrected chi connectivity index (χ0v) is 9.69. The van der Waals surface area contributed by atoms with Gasteiger partial charge in [-0.1, -0.05) is 0 Å². The Balaban J connectivity index is 3.47. The monoisotopic (exact) mass is 244 g/mol. The summed E-state index contributed by atoms with van der Waals surface area (Å²) in [6, 6.07) is 0. The van der Waals surface area contributed by atoms with Crippen LogP contribution in [-0.2, 0) is 9.59 Å². The van der Waals surface area contributed by atoms with Gasteiger partial charge in [-0.05, 0) is 6.92 Å². The van der Waals surface area contributed by atoms with Gasteiger partial charge in [0.1, 0.15) is 0 Å². The van der Waals surface area contributed by atoms with E-state index < -0.39 is 12.0 Å². The van der Waals surface area contributed by atoms with Crippen molar-refractivity contribution in [3.63, 3.8) is 0 Å². The van der Waals surface area contributed by atoms with E-state index in [9.17, 15) is 9.59 Å². The smallest absolute Gasteiger partial charge is 0.392 e. The molecule has 0 aromatic heterocycles. The molecule has 0 aliphatic carbocycles. The molecule has 0 bridgehead atoms. The molecule has 0 aromatic carbocycles. The van der Waals surface area contributed by atoms with Gasteiger partial charge in [0.25, 0.3) is 0 Å². The first-order chi connectivity index (χ1) is 8.06. The molecule has 2 amide bonds. The van der Waals surface area contributed by atoms with E-state index in [1.165, 1.54) is 0 Å². The van der Waals surface area contributed by atoms with E-state index in [4.69, 9.17) is 10.6 Å². The van der Waals surface area contributed by atoms with Crippen molar-refractivity contribution in [2.75, 3.05) is 26.2 Å². The Bertz CT molecular complexity index is 299. The molecule has 0 aromatic rings. The molecule has 0 fully saturated rings. The highest BCUT2D eigenvalue weighted by atomic mass is 16.3. The van der Waals surface area contributed by atoms with Gasteiger partial charge in [-0.15, -0.1) is 0 Å². The summed E-state index contributed by atoms with van der Waals surface area (Å²) in [5.41, 5.74) is 6.39. The maximum Gasteiger partial charge on any atom is 0.394 e. The Morgan fingerprint density at radius 2 is 2.12 bits per heavy atom. The third-order valence-corrected chi connectivity index (χ3v) is 1.67. The molecule has 0 radical (unpaired) electrons. The van der Waals surface area contributed by atoms with E-state index in [2.05, 4.69) is 20.7 Å². The molecule has 96 valence electrons. The van der Waals surface area contributed by atoms with Crippen LogP contribution in [0.15, 0.2) is 0 Å². The van der Waals surface area contributed by atoms with Gasteiger partial charge in [-0.25, -0.2) is 0 Å². The third kappa shape index (κ3) is 10.5. The van der Waals surface area contributed by atoms with Gasteiger partial charge < -0.3 is 21.1 Å². The summed E-state index contributed by atoms with van der Waals surface area (Å²) in [7, 11) is 0. The molecule has 0 heterocycles. The molecule has 8 heteroatoms. The minimum absolute atomic E-state index is 0.152. The molecule has 8 nitrogen and oxygen atoms in total. The molecular formula is C9H18N5O3+. The summed E-state index contributed by atoms with van der Waals surface area (Å²) < 4.78 is 0. The quantitative estimate of drug-likeness (QED) is 0.140. The average molecular weight is 244 g/mol. The van der Waals surface area contributed by atoms with E-state index in [1.54, 1.807) is 6.92 Å². The fourth-order valence-electron chi connectivity index (χ4n) is 0.935. The summed E-state index contributed by atoms with van der Waals surface area (Å²) >= 11 is 0. The van der Waals surface area contributed by atoms with Crippen molar-refractivity contribution in [1.29, 1.82) is 5.53 Å². The van der Waals surface area contributed by atoms with Gasteiger partial charge in [-0.3, -0.25) is 9.59 Å². The number of nitrogens with zero attached hydrogens (tertiary/aromatic N) is 1. The lowest BCUT2D eigenvalue weighted by Crippen LogP contribution is -2.40. The van der Waals surface area contributed by atoms with Crippen LogP contribution < -0.4 is 16.0 Å². The van der Waals surface area contributed by atoms with Crippen LogP contribution in [0, 0.1) is 5.53 Å². The van der Waals surface area contributed by atoms with E-state index in [1.807, 2.05) is 0 Å². The summed E-state index contributed by atoms with van der Waals surface area (Å²) in [6.45, 7) is 2.93. The highest BCUT2D eigenvalue weighted by molar-refractivity contribution is 6.24. The molecular weight excluding hydrogens is 226 g/mol. The molecule has 0 rings (SSSR count). The molecule has 0 aliphatic heterocycles. The molecule has 17 heavy (non-hydrogen) atoms. The summed E-state index contributed by atoms with van der Waals surface area (Å²) in [5, 5.41) is 16.7. The Hall–Kier alpha value is -1.76. The topological polar surface area (TPSA) is 128 Å². The van der Waals surface area contributed by atoms with Crippen LogP contribution in [0.5, 0.6) is 0 Å². The first-order valence-electron chi connectivity index (χ1n) is 5.19. The van der Waals surface area contributed by atoms with Crippen molar-refractivity contribution in [2.45, 2.75) is 13.0 Å². The van der Waals surface area contributed by atoms with Crippen LogP contribution in [0.2, 0.25) is 0 Å². The first kappa shape index (κ1) is 15.2. The van der Waals surface area contributed by atoms with E-state index >= 15 is 0 Å². The van der Waals surface area contributed by atoms with Crippen molar-refractivity contribution < 1.29 is 19.5 Å². The highest BCUT2D eigenvalue weighted by Gasteiger charge is 2.06. The Morgan fingerprint density at radius 1 is 1.41 bits per heavy atom. The molecule has 0 aliphatic rings. The fraction of sp³-hybridized carbons (Fsp3) is 0.667. The minimum Gasteiger partial charge on any atom is -0.392 e. The number of carbonyl (C=O) groups is 2. The van der Waals surface area contributed by atoms with Crippen LogP contribution in [0.3, 0.4) is 0 Å². The first-order valence-corrected chi connectivity index (χ1v) is 5.19. The largest absolute Gasteiger partial charge is 0.394 e. The highest BCUT2D eigenvalue weighted by Crippen LogP contribution is 1.73. The summed E-state index contributed by atoms with van der Waals surface area (Å²) in [4.78, 5) is 24.7. The molecule has 0 spiro atoms. The van der Waals surface area contributed by atoms with E-state index in [0.29, 0.717) is 19.6 Å². The van der Waals surface area contributed by atoms with Crippen LogP contribution >= 0.6 is 0 Å². The van der Waals surface area contributed by atoms with Crippen molar-refractivity contribution in [1.82, 2.24) is 16.0 Å². The lowest BCUT2D eigenvalue weighted by molar-refractivity contribution is -0.133. The second kappa shape index (κ2) is 9.46. The number of nitrogens with one attached hydrogen (secondary N) is 4. The normalized spacial score (nSPS) is 11.2. The van der Waals surface area contributed by atoms with Crippen LogP contribution in [-0.4, -0.2) is 60.2 Å². The van der Waals surface area contributed by atoms with Gasteiger partial charge in [0.15, 0.2) is 0 Å². The predicted octanol–water partition coefficient (Wildman–Crippen LogP) is -2.50. The van der Waals surface area contributed by atoms with Crippen molar-refractivity contribution in [3.05, 3.63) is 0 Å². The maximum absolute atomic E-state index is 11.2. The zero-order valence-electron chi connectivity index (χ0n) is 9.69. The van der Waals surface area contributed by atoms with Crippen LogP contribution in [0.1, 0.15) is 6.92 Å². The molecule has 0 saturated carbocycles. The van der Waals surface area contributed by atoms with E-state index in [-0.39, 0.29) is 12.5 Å². The Kier molecular flexibility index (Phi) is 8.48. The second-order valence-electron chi connectivity index (χ2n) is 3.38. The Morgan fingerprint density at radius 3 is 2.71 bits per heavy atom. The third-order valence-electron chi connectivity index (χ3n) is 1.67. The predicted molar refractivity (Wildman–Crippen MR) is 59.6 cm³/mol. The van der Waals surface area contributed by atoms with Gasteiger partial charge in [-0.2, -0.15) is 0 Å². The summed E-state index contributed by atoms with van der Waals surface area (Å²) in [5.74, 6) is -0.905. The van der Waals surface area contributed by atoms with Gasteiger partial charge in [0.05, 0.1) is 23.0 Å². The minimum atomic E-state index is -0.581. The fourth-order valence-corrected chi connectivity index (χ4v) is 0.935. The number of carbonyl (C=O) groups excluding carboxylic acids is 2. The van der Waals surface area contributed by atoms with Crippen LogP contribution in [0.4, 0.5) is 0 Å². The number of rotatable bonds is 8. The van der Waals surface area contributed by atoms with Crippen molar-refractivity contribution >= 4 is 18.0 Å². The number of aliphatic hydroxyl groups is 1. The lowest BCUT2D eigenvalue weighted by atomic mass is 10.4.